The third-order valence-electron chi connectivity index (χ3n) is 27.7. The van der Waals surface area contributed by atoms with Crippen molar-refractivity contribution < 1.29 is 35.1 Å². The van der Waals surface area contributed by atoms with Gasteiger partial charge in [0.25, 0.3) is 0 Å². The van der Waals surface area contributed by atoms with Gasteiger partial charge in [-0.3, -0.25) is 0 Å². The molecule has 13 heteroatoms. The van der Waals surface area contributed by atoms with Crippen LogP contribution in [-0.2, 0) is 19.4 Å². The zero-order valence-electron chi connectivity index (χ0n) is 71.6. The van der Waals surface area contributed by atoms with Gasteiger partial charge in [0.05, 0.1) is 11.2 Å². The SMILES string of the molecule is CC1(C)OB(c2ccc3c4ccccc4c4cccc5sc2c3c54)OC1(C)C.O=S(=O)(Oc1cccc(-c2ccc3c4ccccc4c4ccccc4c3c2)c1)C(F)(F)F.c1cc(-c2ccc3c4ccccc4c4ccccc4c3c2)cc(-c2ccc3c4ccccc4c4cccc5sc2c3c54)c1.c1ccc(-c2ccccc2P(C2CCCCC2)C2CCCCC2)cc1. The molecule has 20 aromatic carbocycles. The van der Waals surface area contributed by atoms with Gasteiger partial charge >= 0.3 is 22.7 Å². The summed E-state index contributed by atoms with van der Waals surface area (Å²) in [6.45, 7) is 8.45. The number of hydrogen-bond donors (Lipinski definition) is 0. The largest absolute Gasteiger partial charge is 0.534 e. The molecule has 0 bridgehead atoms. The van der Waals surface area contributed by atoms with Gasteiger partial charge in [0.2, 0.25) is 0 Å². The summed E-state index contributed by atoms with van der Waals surface area (Å²) in [5.41, 5.74) is 6.17. The molecule has 128 heavy (non-hydrogen) atoms. The molecule has 25 rings (SSSR count). The quantitative estimate of drug-likeness (QED) is 0.0449. The van der Waals surface area contributed by atoms with E-state index in [0.29, 0.717) is 5.56 Å². The van der Waals surface area contributed by atoms with Gasteiger partial charge in [0.1, 0.15) is 5.75 Å². The van der Waals surface area contributed by atoms with E-state index >= 15 is 0 Å². The van der Waals surface area contributed by atoms with E-state index in [1.807, 2.05) is 71.2 Å². The van der Waals surface area contributed by atoms with Crippen LogP contribution in [0.2, 0.25) is 0 Å². The Labute approximate surface area is 752 Å². The van der Waals surface area contributed by atoms with Crippen LogP contribution in [0.5, 0.6) is 5.75 Å². The molecule has 628 valence electrons. The first-order valence-electron chi connectivity index (χ1n) is 44.7. The first-order valence-corrected chi connectivity index (χ1v) is 49.2. The number of benzene rings is 20. The number of halogens is 3. The van der Waals surface area contributed by atoms with Crippen LogP contribution in [0.4, 0.5) is 13.2 Å². The highest BCUT2D eigenvalue weighted by molar-refractivity contribution is 7.88. The molecule has 0 unspecified atom stereocenters. The van der Waals surface area contributed by atoms with Gasteiger partial charge in [-0.15, -0.1) is 22.7 Å². The minimum atomic E-state index is -5.74. The third-order valence-corrected chi connectivity index (χ3v) is 34.6. The van der Waals surface area contributed by atoms with Crippen molar-refractivity contribution in [3.05, 3.63) is 346 Å². The van der Waals surface area contributed by atoms with Crippen molar-refractivity contribution >= 4 is 207 Å². The molecule has 0 spiro atoms. The van der Waals surface area contributed by atoms with Crippen molar-refractivity contribution in [2.75, 3.05) is 0 Å². The second-order valence-corrected chi connectivity index (χ2v) is 42.1. The maximum absolute atomic E-state index is 12.7. The molecule has 0 radical (unpaired) electrons. The molecule has 0 atom stereocenters. The summed E-state index contributed by atoms with van der Waals surface area (Å²) in [6.07, 6.45) is 14.7. The van der Waals surface area contributed by atoms with Gasteiger partial charge in [-0.2, -0.15) is 21.6 Å². The predicted octanol–water partition coefficient (Wildman–Crippen LogP) is 32.9. The van der Waals surface area contributed by atoms with Crippen molar-refractivity contribution in [1.82, 2.24) is 0 Å². The highest BCUT2D eigenvalue weighted by Gasteiger charge is 2.53. The van der Waals surface area contributed by atoms with E-state index in [2.05, 4.69) is 305 Å². The number of hydrogen-bond acceptors (Lipinski definition) is 7. The number of alkyl halides is 3. The Bertz CT molecular complexity index is 8090. The lowest BCUT2D eigenvalue weighted by Gasteiger charge is -2.39. The normalized spacial score (nSPS) is 15.3. The minimum absolute atomic E-state index is 0.0365. The Morgan fingerprint density at radius 3 is 1.14 bits per heavy atom. The number of thiophene rings is 2. The van der Waals surface area contributed by atoms with Crippen molar-refractivity contribution in [1.29, 1.82) is 0 Å². The molecule has 3 fully saturated rings. The lowest BCUT2D eigenvalue weighted by Crippen LogP contribution is -2.41. The summed E-state index contributed by atoms with van der Waals surface area (Å²) in [6, 6.07) is 122. The smallest absolute Gasteiger partial charge is 0.399 e. The molecule has 0 N–H and O–H groups in total. The zero-order chi connectivity index (χ0) is 86.7. The molecule has 1 aliphatic heterocycles. The van der Waals surface area contributed by atoms with Crippen LogP contribution in [0, 0.1) is 0 Å². The van der Waals surface area contributed by atoms with Crippen LogP contribution < -0.4 is 15.0 Å². The fourth-order valence-electron chi connectivity index (χ4n) is 21.0. The average Bonchev–Trinajstić information content (AvgIpc) is 1.55. The summed E-state index contributed by atoms with van der Waals surface area (Å²) >= 11 is 3.78. The first kappa shape index (κ1) is 81.7. The van der Waals surface area contributed by atoms with E-state index in [1.165, 1.54) is 232 Å². The Balaban J connectivity index is 0.000000103. The summed E-state index contributed by atoms with van der Waals surface area (Å²) in [5.74, 6) is -0.400. The standard InChI is InChI=1S/C42H24S.C25H15F3O3S.C24H21BO2S.C24H31P/c1-2-13-31-29(11-1)30-12-3-6-16-34(30)38-24-26(19-20-35(31)38)25-9-7-10-27(23-25)28-21-22-37-33-15-5-4-14-32(33)36-17-8-18-39-40(36)41(37)42(28)43-39;26-25(27,28)32(29,30)31-18-7-5-6-16(14-18)17-12-13-23-21-10-2-1-8-19(21)20-9-3-4-11-22(20)24(23)15-17;1-23(2)24(3,4)27-25(26-23)18-13-12-17-15-9-6-5-8-14(15)16-10-7-11-19-20(16)21(17)22(18)28-19;1-4-12-20(13-5-1)23-18-10-11-19-24(23)25(21-14-6-2-7-15-21)22-16-8-3-9-17-22/h1-24H;1-15H;5-13H,1-4H3;1,4-5,10-13,18-19,21-22H,2-3,6-9,14-17H2. The Morgan fingerprint density at radius 2 is 0.664 bits per heavy atom. The molecule has 3 heterocycles. The van der Waals surface area contributed by atoms with Gasteiger partial charge in [0, 0.05) is 45.8 Å². The Morgan fingerprint density at radius 1 is 0.320 bits per heavy atom. The maximum atomic E-state index is 12.7. The second kappa shape index (κ2) is 32.9. The van der Waals surface area contributed by atoms with Crippen LogP contribution in [-0.4, -0.2) is 43.6 Å². The van der Waals surface area contributed by atoms with Gasteiger partial charge < -0.3 is 13.5 Å². The van der Waals surface area contributed by atoms with E-state index in [4.69, 9.17) is 9.31 Å². The molecule has 1 saturated heterocycles. The fourth-order valence-corrected chi connectivity index (χ4v) is 27.9. The Hall–Kier alpha value is -12.1. The van der Waals surface area contributed by atoms with Crippen LogP contribution in [0.15, 0.2) is 346 Å². The summed E-state index contributed by atoms with van der Waals surface area (Å²) < 4.78 is 83.2. The van der Waals surface area contributed by atoms with E-state index in [1.54, 1.807) is 11.4 Å². The zero-order valence-corrected chi connectivity index (χ0v) is 74.9. The summed E-state index contributed by atoms with van der Waals surface area (Å²) in [7, 11) is -6.11. The minimum Gasteiger partial charge on any atom is -0.399 e. The van der Waals surface area contributed by atoms with Gasteiger partial charge in [-0.25, -0.2) is 0 Å². The molecule has 5 nitrogen and oxygen atoms in total. The maximum Gasteiger partial charge on any atom is 0.534 e. The molecule has 2 saturated carbocycles. The van der Waals surface area contributed by atoms with Crippen molar-refractivity contribution in [3.8, 4) is 50.3 Å². The molecule has 0 amide bonds. The molecule has 2 aromatic heterocycles. The highest BCUT2D eigenvalue weighted by Crippen LogP contribution is 2.57. The predicted molar refractivity (Wildman–Crippen MR) is 542 cm³/mol. The van der Waals surface area contributed by atoms with Crippen LogP contribution >= 0.6 is 30.6 Å². The van der Waals surface area contributed by atoms with Crippen LogP contribution in [0.3, 0.4) is 0 Å². The lowest BCUT2D eigenvalue weighted by molar-refractivity contribution is -0.0500. The summed E-state index contributed by atoms with van der Waals surface area (Å²) in [5, 5.41) is 32.2. The third kappa shape index (κ3) is 14.4. The average molecular weight is 1750 g/mol. The van der Waals surface area contributed by atoms with E-state index in [-0.39, 0.29) is 26.2 Å². The van der Waals surface area contributed by atoms with E-state index in [0.717, 1.165) is 54.7 Å². The molecule has 3 aliphatic rings. The monoisotopic (exact) mass is 1750 g/mol. The van der Waals surface area contributed by atoms with Crippen molar-refractivity contribution in [2.24, 2.45) is 0 Å². The topological polar surface area (TPSA) is 61.8 Å². The van der Waals surface area contributed by atoms with Gasteiger partial charge in [0.15, 0.2) is 0 Å². The second-order valence-electron chi connectivity index (χ2n) is 35.7. The molecule has 22 aromatic rings. The van der Waals surface area contributed by atoms with Crippen LogP contribution in [0.1, 0.15) is 91.9 Å². The Kier molecular flexibility index (Phi) is 21.0. The lowest BCUT2D eigenvalue weighted by atomic mass is 9.77. The molecular weight excluding hydrogens is 1660 g/mol. The number of rotatable bonds is 10. The summed E-state index contributed by atoms with van der Waals surface area (Å²) in [4.78, 5) is 0. The van der Waals surface area contributed by atoms with Crippen LogP contribution in [0.25, 0.3) is 193 Å². The van der Waals surface area contributed by atoms with Gasteiger partial charge in [-0.1, -0.05) is 350 Å². The number of fused-ring (bicyclic) bond motifs is 18. The van der Waals surface area contributed by atoms with Crippen molar-refractivity contribution in [2.45, 2.75) is 120 Å². The van der Waals surface area contributed by atoms with E-state index < -0.39 is 21.4 Å². The molecular formula is C115H91BF3O5PS3. The fraction of sp³-hybridized carbons (Fsp3) is 0.165. The van der Waals surface area contributed by atoms with E-state index in [9.17, 15) is 21.6 Å². The highest BCUT2D eigenvalue weighted by atomic mass is 32.2. The molecule has 2 aliphatic carbocycles. The first-order chi connectivity index (χ1) is 62.4. The van der Waals surface area contributed by atoms with Gasteiger partial charge in [-0.05, 0) is 265 Å². The van der Waals surface area contributed by atoms with Crippen molar-refractivity contribution in [3.63, 3.8) is 0 Å².